The number of halogens is 1. The molecular weight excluding hydrogens is 346 g/mol. The van der Waals surface area contributed by atoms with E-state index < -0.39 is 0 Å². The highest BCUT2D eigenvalue weighted by atomic mass is 35.5. The average Bonchev–Trinajstić information content (AvgIpc) is 3.15. The first-order chi connectivity index (χ1) is 11.5. The Hall–Kier alpha value is -1.99. The Kier molecular flexibility index (Phi) is 5.11. The van der Waals surface area contributed by atoms with E-state index in [0.717, 1.165) is 21.0 Å². The number of thioether (sulfide) groups is 1. The summed E-state index contributed by atoms with van der Waals surface area (Å²) >= 11 is 8.13. The van der Waals surface area contributed by atoms with E-state index in [2.05, 4.69) is 40.5 Å². The number of benzene rings is 1. The molecule has 1 N–H and O–H groups in total. The minimum Gasteiger partial charge on any atom is -0.403 e. The van der Waals surface area contributed by atoms with Crippen molar-refractivity contribution in [3.63, 3.8) is 0 Å². The first-order valence-electron chi connectivity index (χ1n) is 7.53. The second kappa shape index (κ2) is 7.27. The van der Waals surface area contributed by atoms with Crippen molar-refractivity contribution in [2.75, 3.05) is 5.32 Å². The Morgan fingerprint density at radius 1 is 1.33 bits per heavy atom. The normalized spacial score (nSPS) is 11.2. The molecular formula is C16H18ClN5OS. The molecule has 0 atom stereocenters. The number of aromatic nitrogens is 4. The van der Waals surface area contributed by atoms with Crippen LogP contribution < -0.4 is 5.32 Å². The molecule has 8 heteroatoms. The molecule has 0 amide bonds. The maximum Gasteiger partial charge on any atom is 0.316 e. The highest BCUT2D eigenvalue weighted by molar-refractivity contribution is 8.00. The fourth-order valence-corrected chi connectivity index (χ4v) is 3.47. The van der Waals surface area contributed by atoms with Crippen LogP contribution in [0.2, 0.25) is 5.02 Å². The van der Waals surface area contributed by atoms with Crippen molar-refractivity contribution >= 4 is 29.4 Å². The van der Waals surface area contributed by atoms with Crippen molar-refractivity contribution in [1.82, 2.24) is 20.0 Å². The van der Waals surface area contributed by atoms with Crippen LogP contribution in [0.4, 0.5) is 6.01 Å². The van der Waals surface area contributed by atoms with E-state index in [0.29, 0.717) is 23.7 Å². The van der Waals surface area contributed by atoms with Crippen molar-refractivity contribution in [3.8, 4) is 11.5 Å². The van der Waals surface area contributed by atoms with Gasteiger partial charge in [0, 0.05) is 40.5 Å². The lowest BCUT2D eigenvalue weighted by molar-refractivity contribution is 0.580. The first-order valence-corrected chi connectivity index (χ1v) is 8.79. The van der Waals surface area contributed by atoms with E-state index in [9.17, 15) is 0 Å². The number of rotatable bonds is 6. The van der Waals surface area contributed by atoms with Gasteiger partial charge in [0.15, 0.2) is 0 Å². The minimum atomic E-state index is 0.356. The standard InChI is InChI=1S/C16H18ClN5OS/c1-10(2)24-14-6-4-5-13(17)12(14)8-18-16-21-20-15(23-16)11-7-19-22(3)9-11/h4-7,9-10H,8H2,1-3H3,(H,18,21). The zero-order valence-corrected chi connectivity index (χ0v) is 15.2. The predicted octanol–water partition coefficient (Wildman–Crippen LogP) is 4.24. The topological polar surface area (TPSA) is 68.8 Å². The number of hydrogen-bond donors (Lipinski definition) is 1. The smallest absolute Gasteiger partial charge is 0.316 e. The van der Waals surface area contributed by atoms with E-state index >= 15 is 0 Å². The molecule has 3 rings (SSSR count). The molecule has 0 aliphatic rings. The maximum absolute atomic E-state index is 6.35. The van der Waals surface area contributed by atoms with Gasteiger partial charge in [0.05, 0.1) is 11.8 Å². The second-order valence-electron chi connectivity index (χ2n) is 5.55. The molecule has 0 saturated heterocycles. The Morgan fingerprint density at radius 2 is 2.17 bits per heavy atom. The molecule has 0 radical (unpaired) electrons. The van der Waals surface area contributed by atoms with Crippen molar-refractivity contribution in [2.45, 2.75) is 30.5 Å². The van der Waals surface area contributed by atoms with Crippen molar-refractivity contribution in [3.05, 3.63) is 41.2 Å². The summed E-state index contributed by atoms with van der Waals surface area (Å²) in [6, 6.07) is 6.28. The zero-order chi connectivity index (χ0) is 17.1. The Balaban J connectivity index is 1.73. The van der Waals surface area contributed by atoms with Crippen LogP contribution in [-0.4, -0.2) is 25.2 Å². The van der Waals surface area contributed by atoms with Crippen molar-refractivity contribution in [2.24, 2.45) is 7.05 Å². The van der Waals surface area contributed by atoms with Gasteiger partial charge in [-0.1, -0.05) is 36.6 Å². The van der Waals surface area contributed by atoms with Gasteiger partial charge in [-0.2, -0.15) is 5.10 Å². The molecule has 1 aromatic carbocycles. The molecule has 2 aromatic heterocycles. The highest BCUT2D eigenvalue weighted by Gasteiger charge is 2.13. The lowest BCUT2D eigenvalue weighted by Gasteiger charge is -2.12. The molecule has 0 aliphatic carbocycles. The fourth-order valence-electron chi connectivity index (χ4n) is 2.18. The summed E-state index contributed by atoms with van der Waals surface area (Å²) in [7, 11) is 1.84. The molecule has 0 unspecified atom stereocenters. The van der Waals surface area contributed by atoms with Crippen LogP contribution in [0.25, 0.3) is 11.5 Å². The average molecular weight is 364 g/mol. The summed E-state index contributed by atoms with van der Waals surface area (Å²) in [6.07, 6.45) is 3.51. The van der Waals surface area contributed by atoms with Crippen LogP contribution in [0.5, 0.6) is 0 Å². The summed E-state index contributed by atoms with van der Waals surface area (Å²) in [5.74, 6) is 0.432. The van der Waals surface area contributed by atoms with Gasteiger partial charge in [-0.3, -0.25) is 4.68 Å². The SMILES string of the molecule is CC(C)Sc1cccc(Cl)c1CNc1nnc(-c2cnn(C)c2)o1. The number of aryl methyl sites for hydroxylation is 1. The molecule has 0 saturated carbocycles. The lowest BCUT2D eigenvalue weighted by Crippen LogP contribution is -2.03. The van der Waals surface area contributed by atoms with Crippen LogP contribution in [0.3, 0.4) is 0 Å². The lowest BCUT2D eigenvalue weighted by atomic mass is 10.2. The molecule has 126 valence electrons. The first kappa shape index (κ1) is 16.9. The molecule has 0 bridgehead atoms. The van der Waals surface area contributed by atoms with Crippen molar-refractivity contribution < 1.29 is 4.42 Å². The van der Waals surface area contributed by atoms with Gasteiger partial charge >= 0.3 is 6.01 Å². The van der Waals surface area contributed by atoms with E-state index in [4.69, 9.17) is 16.0 Å². The summed E-state index contributed by atoms with van der Waals surface area (Å²) in [5.41, 5.74) is 1.81. The molecule has 3 aromatic rings. The molecule has 0 aliphatic heterocycles. The van der Waals surface area contributed by atoms with Crippen LogP contribution in [0, 0.1) is 0 Å². The van der Waals surface area contributed by atoms with E-state index in [1.807, 2.05) is 25.4 Å². The number of anilines is 1. The number of nitrogens with one attached hydrogen (secondary N) is 1. The van der Waals surface area contributed by atoms with Gasteiger partial charge in [0.1, 0.15) is 0 Å². The van der Waals surface area contributed by atoms with Crippen LogP contribution in [0.15, 0.2) is 39.9 Å². The minimum absolute atomic E-state index is 0.356. The third-order valence-corrected chi connectivity index (χ3v) is 4.69. The highest BCUT2D eigenvalue weighted by Crippen LogP contribution is 2.31. The maximum atomic E-state index is 6.35. The van der Waals surface area contributed by atoms with Gasteiger partial charge in [-0.15, -0.1) is 16.9 Å². The second-order valence-corrected chi connectivity index (χ2v) is 7.58. The summed E-state index contributed by atoms with van der Waals surface area (Å²) < 4.78 is 7.32. The fraction of sp³-hybridized carbons (Fsp3) is 0.312. The van der Waals surface area contributed by atoms with E-state index in [1.165, 1.54) is 0 Å². The van der Waals surface area contributed by atoms with Crippen LogP contribution >= 0.6 is 23.4 Å². The summed E-state index contributed by atoms with van der Waals surface area (Å²) in [4.78, 5) is 1.15. The van der Waals surface area contributed by atoms with Gasteiger partial charge < -0.3 is 9.73 Å². The van der Waals surface area contributed by atoms with Crippen LogP contribution in [-0.2, 0) is 13.6 Å². The number of hydrogen-bond acceptors (Lipinski definition) is 6. The summed E-state index contributed by atoms with van der Waals surface area (Å²) in [6.45, 7) is 4.82. The number of nitrogens with zero attached hydrogens (tertiary/aromatic N) is 4. The quantitative estimate of drug-likeness (QED) is 0.661. The molecule has 24 heavy (non-hydrogen) atoms. The molecule has 0 fully saturated rings. The summed E-state index contributed by atoms with van der Waals surface area (Å²) in [5, 5.41) is 16.5. The Bertz CT molecular complexity index is 829. The third kappa shape index (κ3) is 3.91. The molecule has 2 heterocycles. The molecule has 6 nitrogen and oxygen atoms in total. The largest absolute Gasteiger partial charge is 0.403 e. The van der Waals surface area contributed by atoms with Gasteiger partial charge in [-0.05, 0) is 12.1 Å². The van der Waals surface area contributed by atoms with Gasteiger partial charge in [-0.25, -0.2) is 0 Å². The monoisotopic (exact) mass is 363 g/mol. The Morgan fingerprint density at radius 3 is 2.88 bits per heavy atom. The van der Waals surface area contributed by atoms with E-state index in [1.54, 1.807) is 22.6 Å². The predicted molar refractivity (Wildman–Crippen MR) is 96.3 cm³/mol. The Labute approximate surface area is 149 Å². The van der Waals surface area contributed by atoms with Crippen LogP contribution in [0.1, 0.15) is 19.4 Å². The molecule has 0 spiro atoms. The van der Waals surface area contributed by atoms with Gasteiger partial charge in [0.25, 0.3) is 5.89 Å². The van der Waals surface area contributed by atoms with E-state index in [-0.39, 0.29) is 0 Å². The van der Waals surface area contributed by atoms with Crippen molar-refractivity contribution in [1.29, 1.82) is 0 Å². The van der Waals surface area contributed by atoms with Gasteiger partial charge in [0.2, 0.25) is 0 Å². The third-order valence-electron chi connectivity index (χ3n) is 3.23. The zero-order valence-electron chi connectivity index (χ0n) is 13.7.